The van der Waals surface area contributed by atoms with Crippen molar-refractivity contribution >= 4 is 23.4 Å². The van der Waals surface area contributed by atoms with E-state index in [1.807, 2.05) is 38.1 Å². The molecule has 0 spiro atoms. The number of benzene rings is 3. The molecule has 0 amide bonds. The maximum atomic E-state index is 11.3. The van der Waals surface area contributed by atoms with Crippen molar-refractivity contribution in [1.29, 1.82) is 0 Å². The van der Waals surface area contributed by atoms with E-state index in [1.54, 1.807) is 6.26 Å². The Bertz CT molecular complexity index is 1270. The van der Waals surface area contributed by atoms with Crippen LogP contribution in [0.3, 0.4) is 0 Å². The Kier molecular flexibility index (Phi) is 15.7. The third-order valence-corrected chi connectivity index (χ3v) is 7.64. The first-order valence-corrected chi connectivity index (χ1v) is 16.5. The fourth-order valence-corrected chi connectivity index (χ4v) is 5.29. The van der Waals surface area contributed by atoms with Gasteiger partial charge in [0, 0.05) is 41.8 Å². The molecule has 0 aliphatic carbocycles. The Morgan fingerprint density at radius 2 is 1.71 bits per heavy atom. The van der Waals surface area contributed by atoms with Gasteiger partial charge in [-0.25, -0.2) is 0 Å². The highest BCUT2D eigenvalue weighted by molar-refractivity contribution is 7.84. The first-order valence-electron chi connectivity index (χ1n) is 14.3. The summed E-state index contributed by atoms with van der Waals surface area (Å²) in [4.78, 5) is 0. The Labute approximate surface area is 259 Å². The predicted molar refractivity (Wildman–Crippen MR) is 180 cm³/mol. The van der Waals surface area contributed by atoms with Gasteiger partial charge < -0.3 is 31.4 Å². The molecule has 0 radical (unpaired) electrons. The second kappa shape index (κ2) is 18.7. The van der Waals surface area contributed by atoms with E-state index in [4.69, 9.17) is 20.9 Å². The summed E-state index contributed by atoms with van der Waals surface area (Å²) >= 11 is 4.28. The third kappa shape index (κ3) is 11.8. The van der Waals surface area contributed by atoms with Gasteiger partial charge in [-0.3, -0.25) is 4.21 Å². The van der Waals surface area contributed by atoms with Gasteiger partial charge in [-0.15, -0.1) is 12.6 Å². The number of hydrogen-bond donors (Lipinski definition) is 5. The molecule has 3 aromatic rings. The summed E-state index contributed by atoms with van der Waals surface area (Å²) in [6.45, 7) is 10.2. The number of nitrogens with two attached hydrogens (primary N) is 2. The van der Waals surface area contributed by atoms with Crippen LogP contribution in [0.4, 0.5) is 0 Å². The van der Waals surface area contributed by atoms with Crippen molar-refractivity contribution in [2.24, 2.45) is 11.5 Å². The van der Waals surface area contributed by atoms with Crippen molar-refractivity contribution in [3.8, 4) is 22.6 Å². The van der Waals surface area contributed by atoms with Crippen LogP contribution in [0.25, 0.3) is 11.1 Å². The van der Waals surface area contributed by atoms with E-state index >= 15 is 0 Å². The van der Waals surface area contributed by atoms with Crippen LogP contribution < -0.4 is 26.3 Å². The number of nitrogens with one attached hydrogen (secondary N) is 1. The van der Waals surface area contributed by atoms with Crippen LogP contribution >= 0.6 is 12.6 Å². The average Bonchev–Trinajstić information content (AvgIpc) is 2.96. The fraction of sp³-hybridized carbons (Fsp3) is 0.394. The standard InChI is InChI=1S/C31H41N3O4S2.C2H6/c1-21-14-28(37-12-5-13-40(3)36)15-22(2)31(21)25-7-4-6-23(16-25)20-38-27-10-8-24(9-11-27)26(18-32)19-34-30(39)17-29(33)35;1-2/h4,6-11,14-17,26,29,34-35,39H,5,12-13,18-20,32-33H2,1-3H3;1-2H3/b30-17-;. The van der Waals surface area contributed by atoms with Crippen LogP contribution in [-0.2, 0) is 17.4 Å². The van der Waals surface area contributed by atoms with Gasteiger partial charge in [-0.2, -0.15) is 0 Å². The third-order valence-electron chi connectivity index (χ3n) is 6.47. The summed E-state index contributed by atoms with van der Waals surface area (Å²) in [5.74, 6) is 2.34. The number of aliphatic hydroxyl groups is 1. The number of hydrogen-bond acceptors (Lipinski definition) is 8. The van der Waals surface area contributed by atoms with Gasteiger partial charge in [0.15, 0.2) is 0 Å². The molecule has 9 heteroatoms. The minimum Gasteiger partial charge on any atom is -0.494 e. The highest BCUT2D eigenvalue weighted by atomic mass is 32.2. The average molecular weight is 614 g/mol. The molecule has 0 heterocycles. The van der Waals surface area contributed by atoms with Crippen LogP contribution in [0.15, 0.2) is 71.8 Å². The number of aryl methyl sites for hydroxylation is 2. The highest BCUT2D eigenvalue weighted by Crippen LogP contribution is 2.32. The molecule has 0 saturated carbocycles. The second-order valence-corrected chi connectivity index (χ2v) is 11.9. The Morgan fingerprint density at radius 1 is 1.05 bits per heavy atom. The minimum atomic E-state index is -1.06. The Balaban J connectivity index is 0.00000301. The molecule has 7 nitrogen and oxygen atoms in total. The zero-order valence-electron chi connectivity index (χ0n) is 25.4. The molecule has 0 saturated heterocycles. The van der Waals surface area contributed by atoms with Gasteiger partial charge in [0.25, 0.3) is 0 Å². The Morgan fingerprint density at radius 3 is 2.31 bits per heavy atom. The molecule has 0 aromatic heterocycles. The predicted octanol–water partition coefficient (Wildman–Crippen LogP) is 5.40. The summed E-state index contributed by atoms with van der Waals surface area (Å²) in [5, 5.41) is 12.9. The largest absolute Gasteiger partial charge is 0.494 e. The maximum absolute atomic E-state index is 11.3. The lowest BCUT2D eigenvalue weighted by atomic mass is 9.94. The highest BCUT2D eigenvalue weighted by Gasteiger charge is 2.12. The number of aliphatic hydroxyl groups excluding tert-OH is 1. The molecule has 3 unspecified atom stereocenters. The van der Waals surface area contributed by atoms with Crippen molar-refractivity contribution in [2.75, 3.05) is 31.7 Å². The summed E-state index contributed by atoms with van der Waals surface area (Å²) < 4.78 is 23.3. The van der Waals surface area contributed by atoms with Crippen LogP contribution in [0.5, 0.6) is 11.5 Å². The van der Waals surface area contributed by atoms with Crippen molar-refractivity contribution in [3.05, 3.63) is 94.0 Å². The van der Waals surface area contributed by atoms with Crippen molar-refractivity contribution in [1.82, 2.24) is 5.32 Å². The molecule has 0 bridgehead atoms. The van der Waals surface area contributed by atoms with E-state index in [1.165, 1.54) is 11.6 Å². The second-order valence-electron chi connectivity index (χ2n) is 9.83. The summed E-state index contributed by atoms with van der Waals surface area (Å²) in [6, 6.07) is 20.5. The molecular formula is C33H47N3O4S2. The topological polar surface area (TPSA) is 120 Å². The first kappa shape index (κ1) is 35.4. The van der Waals surface area contributed by atoms with Crippen molar-refractivity contribution in [3.63, 3.8) is 0 Å². The van der Waals surface area contributed by atoms with Crippen LogP contribution in [-0.4, -0.2) is 47.2 Å². The van der Waals surface area contributed by atoms with Gasteiger partial charge >= 0.3 is 0 Å². The van der Waals surface area contributed by atoms with Gasteiger partial charge in [0.2, 0.25) is 0 Å². The van der Waals surface area contributed by atoms with E-state index in [0.717, 1.165) is 45.7 Å². The smallest absolute Gasteiger partial charge is 0.124 e. The van der Waals surface area contributed by atoms with E-state index in [0.29, 0.717) is 37.1 Å². The lowest BCUT2D eigenvalue weighted by Crippen LogP contribution is -2.26. The number of thiol groups is 1. The van der Waals surface area contributed by atoms with E-state index in [-0.39, 0.29) is 5.92 Å². The molecule has 0 fully saturated rings. The van der Waals surface area contributed by atoms with Gasteiger partial charge in [-0.05, 0) is 90.1 Å². The minimum absolute atomic E-state index is 0.0707. The van der Waals surface area contributed by atoms with Gasteiger partial charge in [0.1, 0.15) is 24.3 Å². The lowest BCUT2D eigenvalue weighted by Gasteiger charge is -2.18. The normalized spacial score (nSPS) is 13.4. The fourth-order valence-electron chi connectivity index (χ4n) is 4.52. The first-order chi connectivity index (χ1) is 20.2. The maximum Gasteiger partial charge on any atom is 0.124 e. The van der Waals surface area contributed by atoms with Gasteiger partial charge in [-0.1, -0.05) is 44.2 Å². The molecule has 0 aliphatic heterocycles. The monoisotopic (exact) mass is 613 g/mol. The molecule has 42 heavy (non-hydrogen) atoms. The van der Waals surface area contributed by atoms with E-state index in [9.17, 15) is 9.32 Å². The SMILES string of the molecule is CC.Cc1cc(OCCCS(C)=O)cc(C)c1-c1cccc(COc2ccc(C(CN)CN/C(S)=C/C(N)O)cc2)c1. The van der Waals surface area contributed by atoms with E-state index < -0.39 is 17.0 Å². The lowest BCUT2D eigenvalue weighted by molar-refractivity contribution is 0.231. The number of ether oxygens (including phenoxy) is 2. The molecule has 0 aliphatic rings. The summed E-state index contributed by atoms with van der Waals surface area (Å²) in [6.07, 6.45) is 2.86. The molecular weight excluding hydrogens is 567 g/mol. The number of rotatable bonds is 15. The Hall–Kier alpha value is -2.82. The molecule has 3 atom stereocenters. The quantitative estimate of drug-likeness (QED) is 0.0884. The summed E-state index contributed by atoms with van der Waals surface area (Å²) in [5.41, 5.74) is 18.1. The zero-order valence-corrected chi connectivity index (χ0v) is 27.1. The van der Waals surface area contributed by atoms with Crippen molar-refractivity contribution in [2.45, 2.75) is 52.9 Å². The molecule has 3 aromatic carbocycles. The van der Waals surface area contributed by atoms with Crippen molar-refractivity contribution < 1.29 is 18.8 Å². The van der Waals surface area contributed by atoms with Crippen LogP contribution in [0.2, 0.25) is 0 Å². The molecule has 6 N–H and O–H groups in total. The summed E-state index contributed by atoms with van der Waals surface area (Å²) in [7, 11) is -0.796. The van der Waals surface area contributed by atoms with E-state index in [2.05, 4.69) is 68.2 Å². The zero-order chi connectivity index (χ0) is 31.1. The van der Waals surface area contributed by atoms with Crippen LogP contribution in [0.1, 0.15) is 48.4 Å². The molecule has 3 rings (SSSR count). The molecule has 230 valence electrons. The van der Waals surface area contributed by atoms with Gasteiger partial charge in [0.05, 0.1) is 11.6 Å². The van der Waals surface area contributed by atoms with Crippen LogP contribution in [0, 0.1) is 13.8 Å².